The van der Waals surface area contributed by atoms with Gasteiger partial charge in [0.15, 0.2) is 0 Å². The Labute approximate surface area is 119 Å². The van der Waals surface area contributed by atoms with Crippen molar-refractivity contribution in [3.8, 4) is 11.8 Å². The Morgan fingerprint density at radius 3 is 2.60 bits per heavy atom. The van der Waals surface area contributed by atoms with Crippen LogP contribution in [0.1, 0.15) is 42.6 Å². The largest absolute Gasteiger partial charge is 0.496 e. The molecule has 1 aromatic heterocycles. The van der Waals surface area contributed by atoms with Gasteiger partial charge in [0.05, 0.1) is 13.2 Å². The van der Waals surface area contributed by atoms with Crippen LogP contribution in [-0.2, 0) is 7.05 Å². The molecule has 0 aliphatic carbocycles. The molecule has 0 aliphatic heterocycles. The molecule has 1 unspecified atom stereocenters. The van der Waals surface area contributed by atoms with Crippen molar-refractivity contribution >= 4 is 0 Å². The number of hydrogen-bond donors (Lipinski definition) is 0. The fourth-order valence-corrected chi connectivity index (χ4v) is 2.32. The Morgan fingerprint density at radius 1 is 1.35 bits per heavy atom. The zero-order chi connectivity index (χ0) is 14.7. The molecule has 104 valence electrons. The SMILES string of the molecule is COc1ccc(C(C#N)c2nccn2C)cc1C(C)C. The maximum absolute atomic E-state index is 9.50. The average molecular weight is 269 g/mol. The van der Waals surface area contributed by atoms with E-state index in [1.165, 1.54) is 0 Å². The van der Waals surface area contributed by atoms with Gasteiger partial charge in [-0.25, -0.2) is 4.98 Å². The number of imidazole rings is 1. The highest BCUT2D eigenvalue weighted by Gasteiger charge is 2.19. The average Bonchev–Trinajstić information content (AvgIpc) is 2.86. The molecule has 1 heterocycles. The Bertz CT molecular complexity index is 637. The Morgan fingerprint density at radius 2 is 2.10 bits per heavy atom. The predicted molar refractivity (Wildman–Crippen MR) is 77.7 cm³/mol. The molecule has 2 rings (SSSR count). The van der Waals surface area contributed by atoms with Crippen LogP contribution in [0.3, 0.4) is 0 Å². The van der Waals surface area contributed by atoms with Crippen LogP contribution in [-0.4, -0.2) is 16.7 Å². The molecule has 0 bridgehead atoms. The van der Waals surface area contributed by atoms with Crippen molar-refractivity contribution < 1.29 is 4.74 Å². The topological polar surface area (TPSA) is 50.8 Å². The normalized spacial score (nSPS) is 12.2. The van der Waals surface area contributed by atoms with Crippen LogP contribution in [0.5, 0.6) is 5.75 Å². The summed E-state index contributed by atoms with van der Waals surface area (Å²) in [6.45, 7) is 4.23. The second-order valence-corrected chi connectivity index (χ2v) is 5.11. The molecule has 1 atom stereocenters. The lowest BCUT2D eigenvalue weighted by atomic mass is 9.93. The molecule has 0 spiro atoms. The molecule has 0 fully saturated rings. The van der Waals surface area contributed by atoms with Crippen molar-refractivity contribution in [2.24, 2.45) is 7.05 Å². The monoisotopic (exact) mass is 269 g/mol. The van der Waals surface area contributed by atoms with Gasteiger partial charge in [-0.2, -0.15) is 5.26 Å². The van der Waals surface area contributed by atoms with Gasteiger partial charge in [0.1, 0.15) is 17.5 Å². The summed E-state index contributed by atoms with van der Waals surface area (Å²) in [5.74, 6) is 1.59. The van der Waals surface area contributed by atoms with Gasteiger partial charge in [0, 0.05) is 19.4 Å². The van der Waals surface area contributed by atoms with Crippen molar-refractivity contribution in [2.45, 2.75) is 25.7 Å². The van der Waals surface area contributed by atoms with Crippen molar-refractivity contribution in [3.05, 3.63) is 47.5 Å². The first-order valence-corrected chi connectivity index (χ1v) is 6.63. The second-order valence-electron chi connectivity index (χ2n) is 5.11. The van der Waals surface area contributed by atoms with Crippen molar-refractivity contribution in [1.29, 1.82) is 5.26 Å². The van der Waals surface area contributed by atoms with E-state index in [1.807, 2.05) is 36.0 Å². The lowest BCUT2D eigenvalue weighted by molar-refractivity contribution is 0.407. The van der Waals surface area contributed by atoms with Gasteiger partial charge >= 0.3 is 0 Å². The quantitative estimate of drug-likeness (QED) is 0.856. The van der Waals surface area contributed by atoms with Crippen LogP contribution in [0, 0.1) is 11.3 Å². The smallest absolute Gasteiger partial charge is 0.130 e. The van der Waals surface area contributed by atoms with E-state index in [1.54, 1.807) is 13.3 Å². The number of nitriles is 1. The van der Waals surface area contributed by atoms with E-state index in [9.17, 15) is 5.26 Å². The van der Waals surface area contributed by atoms with Crippen LogP contribution >= 0.6 is 0 Å². The van der Waals surface area contributed by atoms with Gasteiger partial charge in [0.25, 0.3) is 0 Å². The number of nitrogens with zero attached hydrogens (tertiary/aromatic N) is 3. The number of methoxy groups -OCH3 is 1. The van der Waals surface area contributed by atoms with Gasteiger partial charge in [-0.15, -0.1) is 0 Å². The Kier molecular flexibility index (Phi) is 4.09. The molecule has 20 heavy (non-hydrogen) atoms. The number of aryl methyl sites for hydroxylation is 1. The third-order valence-electron chi connectivity index (χ3n) is 3.45. The molecule has 1 aromatic carbocycles. The van der Waals surface area contributed by atoms with Gasteiger partial charge < -0.3 is 9.30 Å². The molecular weight excluding hydrogens is 250 g/mol. The summed E-state index contributed by atoms with van der Waals surface area (Å²) in [6.07, 6.45) is 3.57. The van der Waals surface area contributed by atoms with Crippen LogP contribution < -0.4 is 4.74 Å². The fraction of sp³-hybridized carbons (Fsp3) is 0.375. The van der Waals surface area contributed by atoms with E-state index in [-0.39, 0.29) is 5.92 Å². The predicted octanol–water partition coefficient (Wildman–Crippen LogP) is 3.21. The summed E-state index contributed by atoms with van der Waals surface area (Å²) in [5, 5.41) is 9.50. The van der Waals surface area contributed by atoms with Crippen LogP contribution in [0.4, 0.5) is 0 Å². The molecule has 0 N–H and O–H groups in total. The molecule has 0 saturated carbocycles. The molecule has 4 heteroatoms. The zero-order valence-corrected chi connectivity index (χ0v) is 12.3. The molecule has 0 saturated heterocycles. The minimum atomic E-state index is -0.363. The highest BCUT2D eigenvalue weighted by molar-refractivity contribution is 5.43. The summed E-state index contributed by atoms with van der Waals surface area (Å²) >= 11 is 0. The Balaban J connectivity index is 2.49. The highest BCUT2D eigenvalue weighted by Crippen LogP contribution is 2.31. The van der Waals surface area contributed by atoms with E-state index in [2.05, 4.69) is 24.9 Å². The minimum absolute atomic E-state index is 0.339. The van der Waals surface area contributed by atoms with E-state index in [0.29, 0.717) is 5.92 Å². The van der Waals surface area contributed by atoms with Crippen molar-refractivity contribution in [3.63, 3.8) is 0 Å². The summed E-state index contributed by atoms with van der Waals surface area (Å²) in [6, 6.07) is 8.26. The van der Waals surface area contributed by atoms with Crippen molar-refractivity contribution in [1.82, 2.24) is 9.55 Å². The number of rotatable bonds is 4. The molecule has 0 aliphatic rings. The molecular formula is C16H19N3O. The highest BCUT2D eigenvalue weighted by atomic mass is 16.5. The molecule has 2 aromatic rings. The summed E-state index contributed by atoms with van der Waals surface area (Å²) in [4.78, 5) is 4.29. The van der Waals surface area contributed by atoms with E-state index in [0.717, 1.165) is 22.7 Å². The third kappa shape index (κ3) is 2.53. The first-order chi connectivity index (χ1) is 9.58. The second kappa shape index (κ2) is 5.79. The molecule has 4 nitrogen and oxygen atoms in total. The third-order valence-corrected chi connectivity index (χ3v) is 3.45. The minimum Gasteiger partial charge on any atom is -0.496 e. The first kappa shape index (κ1) is 14.1. The van der Waals surface area contributed by atoms with E-state index >= 15 is 0 Å². The maximum atomic E-state index is 9.50. The van der Waals surface area contributed by atoms with Crippen LogP contribution in [0.25, 0.3) is 0 Å². The number of aromatic nitrogens is 2. The van der Waals surface area contributed by atoms with E-state index in [4.69, 9.17) is 4.74 Å². The van der Waals surface area contributed by atoms with Gasteiger partial charge in [-0.05, 0) is 23.1 Å². The summed E-state index contributed by atoms with van der Waals surface area (Å²) in [7, 11) is 3.57. The number of hydrogen-bond acceptors (Lipinski definition) is 3. The molecule has 0 radical (unpaired) electrons. The van der Waals surface area contributed by atoms with Crippen LogP contribution in [0.15, 0.2) is 30.6 Å². The van der Waals surface area contributed by atoms with Gasteiger partial charge in [-0.1, -0.05) is 26.0 Å². The maximum Gasteiger partial charge on any atom is 0.130 e. The van der Waals surface area contributed by atoms with Crippen LogP contribution in [0.2, 0.25) is 0 Å². The molecule has 0 amide bonds. The summed E-state index contributed by atoms with van der Waals surface area (Å²) in [5.41, 5.74) is 2.06. The standard InChI is InChI=1S/C16H19N3O/c1-11(2)13-9-12(5-6-15(13)20-4)14(10-17)16-18-7-8-19(16)3/h5-9,11,14H,1-4H3. The first-order valence-electron chi connectivity index (χ1n) is 6.63. The fourth-order valence-electron chi connectivity index (χ4n) is 2.32. The van der Waals surface area contributed by atoms with Crippen molar-refractivity contribution in [2.75, 3.05) is 7.11 Å². The van der Waals surface area contributed by atoms with Gasteiger partial charge in [0.2, 0.25) is 0 Å². The Hall–Kier alpha value is -2.28. The lowest BCUT2D eigenvalue weighted by Gasteiger charge is -2.16. The number of ether oxygens (including phenoxy) is 1. The van der Waals surface area contributed by atoms with Gasteiger partial charge in [-0.3, -0.25) is 0 Å². The zero-order valence-electron chi connectivity index (χ0n) is 12.3. The number of benzene rings is 1. The van der Waals surface area contributed by atoms with E-state index < -0.39 is 0 Å². The summed E-state index contributed by atoms with van der Waals surface area (Å²) < 4.78 is 7.27. The lowest BCUT2D eigenvalue weighted by Crippen LogP contribution is -2.07.